The third-order valence-corrected chi connectivity index (χ3v) is 2.79. The molecule has 2 rings (SSSR count). The highest BCUT2D eigenvalue weighted by Gasteiger charge is 2.08. The van der Waals surface area contributed by atoms with Crippen molar-refractivity contribution >= 4 is 5.91 Å². The summed E-state index contributed by atoms with van der Waals surface area (Å²) in [7, 11) is 0. The second-order valence-electron chi connectivity index (χ2n) is 4.25. The number of hydrogen-bond donors (Lipinski definition) is 1. The van der Waals surface area contributed by atoms with Gasteiger partial charge in [-0.1, -0.05) is 0 Å². The summed E-state index contributed by atoms with van der Waals surface area (Å²) >= 11 is 0. The molecule has 0 spiro atoms. The average Bonchev–Trinajstić information content (AvgIpc) is 2.93. The Hall–Kier alpha value is -2.44. The molecule has 2 aromatic rings. The van der Waals surface area contributed by atoms with Gasteiger partial charge in [-0.05, 0) is 37.3 Å². The maximum atomic E-state index is 12.0. The Morgan fingerprint density at radius 2 is 2.05 bits per heavy atom. The zero-order valence-electron chi connectivity index (χ0n) is 11.4. The lowest BCUT2D eigenvalue weighted by molar-refractivity contribution is -0.0498. The molecular weight excluding hydrogens is 280 g/mol. The molecule has 0 atom stereocenters. The standard InChI is InChI=1S/C14H15F2N3O2/c1-2-19-8-7-11(18-19)9-17-13(20)10-3-5-12(6-4-10)21-14(15)16/h3-8,14H,2,9H2,1H3,(H,17,20). The van der Waals surface area contributed by atoms with Crippen molar-refractivity contribution in [1.82, 2.24) is 15.1 Å². The first-order chi connectivity index (χ1) is 10.1. The molecule has 0 bridgehead atoms. The summed E-state index contributed by atoms with van der Waals surface area (Å²) in [4.78, 5) is 11.9. The Labute approximate surface area is 120 Å². The molecule has 21 heavy (non-hydrogen) atoms. The van der Waals surface area contributed by atoms with Gasteiger partial charge in [-0.3, -0.25) is 9.48 Å². The van der Waals surface area contributed by atoms with E-state index in [0.717, 1.165) is 12.2 Å². The number of halogens is 2. The molecular formula is C14H15F2N3O2. The lowest BCUT2D eigenvalue weighted by atomic mass is 10.2. The number of aryl methyl sites for hydroxylation is 1. The first-order valence-corrected chi connectivity index (χ1v) is 6.44. The summed E-state index contributed by atoms with van der Waals surface area (Å²) in [6.07, 6.45) is 1.83. The SMILES string of the molecule is CCn1ccc(CNC(=O)c2ccc(OC(F)F)cc2)n1. The first-order valence-electron chi connectivity index (χ1n) is 6.44. The topological polar surface area (TPSA) is 56.2 Å². The van der Waals surface area contributed by atoms with Gasteiger partial charge < -0.3 is 10.1 Å². The van der Waals surface area contributed by atoms with Gasteiger partial charge >= 0.3 is 6.61 Å². The number of carbonyl (C=O) groups excluding carboxylic acids is 1. The van der Waals surface area contributed by atoms with E-state index in [1.807, 2.05) is 19.2 Å². The van der Waals surface area contributed by atoms with Gasteiger partial charge in [-0.25, -0.2) is 0 Å². The zero-order valence-corrected chi connectivity index (χ0v) is 11.4. The average molecular weight is 295 g/mol. The minimum atomic E-state index is -2.88. The lowest BCUT2D eigenvalue weighted by Crippen LogP contribution is -2.23. The summed E-state index contributed by atoms with van der Waals surface area (Å²) in [5.74, 6) is -0.284. The highest BCUT2D eigenvalue weighted by Crippen LogP contribution is 2.14. The molecule has 0 radical (unpaired) electrons. The molecule has 1 aromatic heterocycles. The van der Waals surface area contributed by atoms with Gasteiger partial charge in [0.25, 0.3) is 5.91 Å². The molecule has 0 aliphatic heterocycles. The van der Waals surface area contributed by atoms with Gasteiger partial charge in [0.05, 0.1) is 12.2 Å². The van der Waals surface area contributed by atoms with Gasteiger partial charge in [0.2, 0.25) is 0 Å². The van der Waals surface area contributed by atoms with Crippen molar-refractivity contribution in [3.05, 3.63) is 47.8 Å². The van der Waals surface area contributed by atoms with E-state index in [1.54, 1.807) is 4.68 Å². The van der Waals surface area contributed by atoms with Crippen LogP contribution in [0.15, 0.2) is 36.5 Å². The van der Waals surface area contributed by atoms with Crippen LogP contribution in [0.2, 0.25) is 0 Å². The Morgan fingerprint density at radius 1 is 1.33 bits per heavy atom. The number of nitrogens with zero attached hydrogens (tertiary/aromatic N) is 2. The number of benzene rings is 1. The summed E-state index contributed by atoms with van der Waals surface area (Å²) in [6, 6.07) is 7.33. The van der Waals surface area contributed by atoms with Crippen molar-refractivity contribution in [2.45, 2.75) is 26.6 Å². The number of ether oxygens (including phenoxy) is 1. The highest BCUT2D eigenvalue weighted by molar-refractivity contribution is 5.94. The lowest BCUT2D eigenvalue weighted by Gasteiger charge is -2.06. The fourth-order valence-corrected chi connectivity index (χ4v) is 1.73. The molecule has 0 saturated heterocycles. The fourth-order valence-electron chi connectivity index (χ4n) is 1.73. The van der Waals surface area contributed by atoms with Gasteiger partial charge in [0.1, 0.15) is 5.75 Å². The van der Waals surface area contributed by atoms with Crippen LogP contribution in [0.4, 0.5) is 8.78 Å². The van der Waals surface area contributed by atoms with E-state index in [1.165, 1.54) is 24.3 Å². The van der Waals surface area contributed by atoms with Crippen LogP contribution in [0.25, 0.3) is 0 Å². The van der Waals surface area contributed by atoms with Crippen molar-refractivity contribution in [2.75, 3.05) is 0 Å². The normalized spacial score (nSPS) is 10.7. The summed E-state index contributed by atoms with van der Waals surface area (Å²) < 4.78 is 30.0. The number of aromatic nitrogens is 2. The van der Waals surface area contributed by atoms with Crippen molar-refractivity contribution in [3.63, 3.8) is 0 Å². The highest BCUT2D eigenvalue weighted by atomic mass is 19.3. The summed E-state index contributed by atoms with van der Waals surface area (Å²) in [6.45, 7) is 0.164. The van der Waals surface area contributed by atoms with Crippen molar-refractivity contribution in [1.29, 1.82) is 0 Å². The predicted molar refractivity (Wildman–Crippen MR) is 72.1 cm³/mol. The van der Waals surface area contributed by atoms with Crippen LogP contribution in [0.5, 0.6) is 5.75 Å². The first kappa shape index (κ1) is 15.0. The molecule has 0 fully saturated rings. The van der Waals surface area contributed by atoms with Gasteiger partial charge in [-0.15, -0.1) is 0 Å². The van der Waals surface area contributed by atoms with Crippen LogP contribution >= 0.6 is 0 Å². The number of hydrogen-bond acceptors (Lipinski definition) is 3. The largest absolute Gasteiger partial charge is 0.435 e. The van der Waals surface area contributed by atoms with E-state index < -0.39 is 6.61 Å². The van der Waals surface area contributed by atoms with Crippen LogP contribution in [0.1, 0.15) is 23.0 Å². The number of carbonyl (C=O) groups is 1. The van der Waals surface area contributed by atoms with Gasteiger partial charge in [0.15, 0.2) is 0 Å². The molecule has 1 aromatic carbocycles. The third-order valence-electron chi connectivity index (χ3n) is 2.79. The van der Waals surface area contributed by atoms with Gasteiger partial charge in [-0.2, -0.15) is 13.9 Å². The molecule has 1 heterocycles. The van der Waals surface area contributed by atoms with E-state index in [-0.39, 0.29) is 11.7 Å². The van der Waals surface area contributed by atoms with E-state index in [9.17, 15) is 13.6 Å². The van der Waals surface area contributed by atoms with Crippen LogP contribution in [0.3, 0.4) is 0 Å². The van der Waals surface area contributed by atoms with E-state index in [0.29, 0.717) is 12.1 Å². The zero-order chi connectivity index (χ0) is 15.2. The van der Waals surface area contributed by atoms with Crippen molar-refractivity contribution in [3.8, 4) is 5.75 Å². The van der Waals surface area contributed by atoms with Crippen LogP contribution in [-0.4, -0.2) is 22.3 Å². The Morgan fingerprint density at radius 3 is 2.62 bits per heavy atom. The predicted octanol–water partition coefficient (Wildman–Crippen LogP) is 2.43. The molecule has 112 valence electrons. The second kappa shape index (κ2) is 6.83. The molecule has 5 nitrogen and oxygen atoms in total. The number of amides is 1. The monoisotopic (exact) mass is 295 g/mol. The van der Waals surface area contributed by atoms with Crippen LogP contribution in [-0.2, 0) is 13.1 Å². The molecule has 0 unspecified atom stereocenters. The minimum absolute atomic E-state index is 0.0169. The van der Waals surface area contributed by atoms with Crippen molar-refractivity contribution in [2.24, 2.45) is 0 Å². The molecule has 0 saturated carbocycles. The molecule has 7 heteroatoms. The number of nitrogens with one attached hydrogen (secondary N) is 1. The second-order valence-corrected chi connectivity index (χ2v) is 4.25. The Kier molecular flexibility index (Phi) is 4.86. The minimum Gasteiger partial charge on any atom is -0.435 e. The molecule has 1 N–H and O–H groups in total. The quantitative estimate of drug-likeness (QED) is 0.890. The number of rotatable bonds is 6. The number of alkyl halides is 2. The van der Waals surface area contributed by atoms with Gasteiger partial charge in [0, 0.05) is 18.3 Å². The maximum absolute atomic E-state index is 12.0. The van der Waals surface area contributed by atoms with E-state index in [2.05, 4.69) is 15.2 Å². The molecule has 0 aliphatic carbocycles. The third kappa shape index (κ3) is 4.27. The van der Waals surface area contributed by atoms with E-state index in [4.69, 9.17) is 0 Å². The molecule has 1 amide bonds. The summed E-state index contributed by atoms with van der Waals surface area (Å²) in [5.41, 5.74) is 1.12. The fraction of sp³-hybridized carbons (Fsp3) is 0.286. The summed E-state index contributed by atoms with van der Waals surface area (Å²) in [5, 5.41) is 6.95. The van der Waals surface area contributed by atoms with Crippen LogP contribution in [0, 0.1) is 0 Å². The van der Waals surface area contributed by atoms with Crippen LogP contribution < -0.4 is 10.1 Å². The molecule has 0 aliphatic rings. The van der Waals surface area contributed by atoms with Crippen molar-refractivity contribution < 1.29 is 18.3 Å². The Balaban J connectivity index is 1.90. The Bertz CT molecular complexity index is 597. The maximum Gasteiger partial charge on any atom is 0.387 e. The smallest absolute Gasteiger partial charge is 0.387 e. The van der Waals surface area contributed by atoms with E-state index >= 15 is 0 Å².